The standard InChI is InChI=1S/C40H41N11O4/c1-40(2,3)34-23-35(51(48-34)28-9-13-37(52)50(25-28)17-16-49-18-20-54-21-19-49)45-39(53)44-32-11-12-33(30-7-5-4-6-29(30)32)55-36-14-15-41-38(46-36)43-27-8-10-31-26(22-27)24-42-47-31/h4-15,22-25H,16-21H2,1-3H3,(H,42,47)(H,41,43,46)(H2,44,45,53). The first kappa shape index (κ1) is 35.4. The third-order valence-corrected chi connectivity index (χ3v) is 9.37. The van der Waals surface area contributed by atoms with Crippen LogP contribution in [0.4, 0.5) is 27.9 Å². The summed E-state index contributed by atoms with van der Waals surface area (Å²) in [6, 6.07) is 23.4. The minimum atomic E-state index is -0.457. The minimum Gasteiger partial charge on any atom is -0.438 e. The summed E-state index contributed by atoms with van der Waals surface area (Å²) in [5.41, 5.74) is 3.36. The molecule has 280 valence electrons. The van der Waals surface area contributed by atoms with Gasteiger partial charge in [0.05, 0.1) is 42.0 Å². The molecule has 2 amide bonds. The molecule has 1 saturated heterocycles. The molecule has 3 aromatic carbocycles. The van der Waals surface area contributed by atoms with Gasteiger partial charge in [0, 0.05) is 84.0 Å². The lowest BCUT2D eigenvalue weighted by Crippen LogP contribution is -2.39. The first-order valence-corrected chi connectivity index (χ1v) is 18.1. The molecule has 0 saturated carbocycles. The molecule has 0 bridgehead atoms. The van der Waals surface area contributed by atoms with Gasteiger partial charge in [-0.2, -0.15) is 15.2 Å². The average Bonchev–Trinajstić information content (AvgIpc) is 3.83. The summed E-state index contributed by atoms with van der Waals surface area (Å²) >= 11 is 0. The van der Waals surface area contributed by atoms with Crippen LogP contribution in [0.25, 0.3) is 27.4 Å². The third-order valence-electron chi connectivity index (χ3n) is 9.37. The molecular formula is C40H41N11O4. The smallest absolute Gasteiger partial charge is 0.324 e. The summed E-state index contributed by atoms with van der Waals surface area (Å²) in [6.07, 6.45) is 5.17. The average molecular weight is 740 g/mol. The number of anilines is 4. The predicted molar refractivity (Wildman–Crippen MR) is 212 cm³/mol. The molecule has 0 atom stereocenters. The molecule has 15 heteroatoms. The second kappa shape index (κ2) is 15.0. The quantitative estimate of drug-likeness (QED) is 0.119. The number of hydrogen-bond donors (Lipinski definition) is 4. The van der Waals surface area contributed by atoms with Crippen LogP contribution in [-0.4, -0.2) is 78.3 Å². The van der Waals surface area contributed by atoms with Crippen LogP contribution < -0.4 is 26.2 Å². The molecule has 8 rings (SSSR count). The number of amides is 2. The van der Waals surface area contributed by atoms with E-state index in [1.807, 2.05) is 48.5 Å². The van der Waals surface area contributed by atoms with Crippen LogP contribution in [-0.2, 0) is 16.7 Å². The summed E-state index contributed by atoms with van der Waals surface area (Å²) in [5.74, 6) is 1.74. The second-order valence-electron chi connectivity index (χ2n) is 14.3. The predicted octanol–water partition coefficient (Wildman–Crippen LogP) is 6.66. The van der Waals surface area contributed by atoms with E-state index in [2.05, 4.69) is 61.8 Å². The van der Waals surface area contributed by atoms with E-state index in [1.165, 1.54) is 6.07 Å². The van der Waals surface area contributed by atoms with Gasteiger partial charge in [0.15, 0.2) is 0 Å². The Morgan fingerprint density at radius 3 is 2.62 bits per heavy atom. The van der Waals surface area contributed by atoms with Crippen molar-refractivity contribution in [3.63, 3.8) is 0 Å². The van der Waals surface area contributed by atoms with Gasteiger partial charge in [-0.25, -0.2) is 14.5 Å². The summed E-state index contributed by atoms with van der Waals surface area (Å²) in [5, 5.41) is 23.6. The van der Waals surface area contributed by atoms with Gasteiger partial charge >= 0.3 is 6.03 Å². The van der Waals surface area contributed by atoms with E-state index in [1.54, 1.807) is 52.1 Å². The highest BCUT2D eigenvalue weighted by Crippen LogP contribution is 2.35. The van der Waals surface area contributed by atoms with Crippen LogP contribution in [0.5, 0.6) is 11.6 Å². The lowest BCUT2D eigenvalue weighted by atomic mass is 9.92. The van der Waals surface area contributed by atoms with Gasteiger partial charge in [-0.05, 0) is 36.4 Å². The number of carbonyl (C=O) groups is 1. The van der Waals surface area contributed by atoms with Gasteiger partial charge in [0.25, 0.3) is 5.56 Å². The van der Waals surface area contributed by atoms with Crippen LogP contribution in [0.15, 0.2) is 102 Å². The Balaban J connectivity index is 1.00. The number of H-pyrrole nitrogens is 1. The number of pyridine rings is 1. The van der Waals surface area contributed by atoms with Crippen molar-refractivity contribution in [2.45, 2.75) is 32.7 Å². The zero-order valence-electron chi connectivity index (χ0n) is 30.7. The zero-order chi connectivity index (χ0) is 37.9. The van der Waals surface area contributed by atoms with Crippen LogP contribution >= 0.6 is 0 Å². The Kier molecular flexibility index (Phi) is 9.70. The summed E-state index contributed by atoms with van der Waals surface area (Å²) in [7, 11) is 0. The highest BCUT2D eigenvalue weighted by Gasteiger charge is 2.23. The molecule has 1 fully saturated rings. The molecule has 0 aliphatic carbocycles. The summed E-state index contributed by atoms with van der Waals surface area (Å²) in [6.45, 7) is 10.5. The Morgan fingerprint density at radius 2 is 1.78 bits per heavy atom. The Hall–Kier alpha value is -6.58. The number of ether oxygens (including phenoxy) is 2. The van der Waals surface area contributed by atoms with Gasteiger partial charge in [0.1, 0.15) is 11.6 Å². The van der Waals surface area contributed by atoms with Crippen molar-refractivity contribution in [1.29, 1.82) is 0 Å². The molecule has 15 nitrogen and oxygen atoms in total. The minimum absolute atomic E-state index is 0.104. The number of urea groups is 1. The molecular weight excluding hydrogens is 699 g/mol. The lowest BCUT2D eigenvalue weighted by Gasteiger charge is -2.26. The monoisotopic (exact) mass is 739 g/mol. The number of nitrogens with zero attached hydrogens (tertiary/aromatic N) is 7. The SMILES string of the molecule is CC(C)(C)c1cc(NC(=O)Nc2ccc(Oc3ccnc(Nc4ccc5[nH]ncc5c4)n3)c3ccccc23)n(-c2ccc(=O)n(CCN3CCOCC3)c2)n1. The lowest BCUT2D eigenvalue weighted by molar-refractivity contribution is 0.0363. The fourth-order valence-electron chi connectivity index (χ4n) is 6.39. The fraction of sp³-hybridized carbons (Fsp3) is 0.250. The Labute approximate surface area is 316 Å². The number of hydrogen-bond acceptors (Lipinski definition) is 10. The molecule has 4 N–H and O–H groups in total. The largest absolute Gasteiger partial charge is 0.438 e. The van der Waals surface area contributed by atoms with Gasteiger partial charge in [-0.3, -0.25) is 20.1 Å². The highest BCUT2D eigenvalue weighted by atomic mass is 16.5. The van der Waals surface area contributed by atoms with Crippen molar-refractivity contribution in [3.8, 4) is 17.3 Å². The first-order chi connectivity index (χ1) is 26.7. The van der Waals surface area contributed by atoms with Crippen LogP contribution in [0.2, 0.25) is 0 Å². The van der Waals surface area contributed by atoms with Crippen LogP contribution in [0, 0.1) is 0 Å². The number of morpholine rings is 1. The molecule has 1 aliphatic heterocycles. The van der Waals surface area contributed by atoms with E-state index in [0.717, 1.165) is 52.7 Å². The Bertz CT molecular complexity index is 2550. The molecule has 5 heterocycles. The van der Waals surface area contributed by atoms with E-state index in [9.17, 15) is 9.59 Å². The van der Waals surface area contributed by atoms with E-state index < -0.39 is 6.03 Å². The fourth-order valence-corrected chi connectivity index (χ4v) is 6.39. The number of carbonyl (C=O) groups excluding carboxylic acids is 1. The Morgan fingerprint density at radius 1 is 0.945 bits per heavy atom. The van der Waals surface area contributed by atoms with Crippen molar-refractivity contribution >= 4 is 50.8 Å². The number of fused-ring (bicyclic) bond motifs is 2. The van der Waals surface area contributed by atoms with Gasteiger partial charge in [0.2, 0.25) is 11.8 Å². The summed E-state index contributed by atoms with van der Waals surface area (Å²) in [4.78, 5) is 37.7. The van der Waals surface area contributed by atoms with Crippen molar-refractivity contribution in [3.05, 3.63) is 114 Å². The third kappa shape index (κ3) is 8.02. The first-order valence-electron chi connectivity index (χ1n) is 18.1. The van der Waals surface area contributed by atoms with Crippen molar-refractivity contribution in [2.75, 3.05) is 48.8 Å². The van der Waals surface area contributed by atoms with Crippen LogP contribution in [0.3, 0.4) is 0 Å². The zero-order valence-corrected chi connectivity index (χ0v) is 30.7. The number of aromatic amines is 1. The van der Waals surface area contributed by atoms with E-state index in [4.69, 9.17) is 14.6 Å². The maximum atomic E-state index is 13.7. The number of nitrogens with one attached hydrogen (secondary N) is 4. The van der Waals surface area contributed by atoms with Crippen molar-refractivity contribution in [2.24, 2.45) is 0 Å². The second-order valence-corrected chi connectivity index (χ2v) is 14.3. The normalized spacial score (nSPS) is 13.6. The molecule has 0 unspecified atom stereocenters. The number of benzene rings is 3. The highest BCUT2D eigenvalue weighted by molar-refractivity contribution is 6.07. The maximum absolute atomic E-state index is 13.7. The topological polar surface area (TPSA) is 169 Å². The summed E-state index contributed by atoms with van der Waals surface area (Å²) < 4.78 is 15.1. The van der Waals surface area contributed by atoms with E-state index >= 15 is 0 Å². The van der Waals surface area contributed by atoms with E-state index in [-0.39, 0.29) is 11.0 Å². The van der Waals surface area contributed by atoms with Crippen molar-refractivity contribution in [1.82, 2.24) is 39.4 Å². The van der Waals surface area contributed by atoms with Gasteiger partial charge in [-0.1, -0.05) is 45.0 Å². The maximum Gasteiger partial charge on any atom is 0.324 e. The molecule has 55 heavy (non-hydrogen) atoms. The molecule has 4 aromatic heterocycles. The van der Waals surface area contributed by atoms with Crippen molar-refractivity contribution < 1.29 is 14.3 Å². The van der Waals surface area contributed by atoms with Gasteiger partial charge in [-0.15, -0.1) is 0 Å². The number of rotatable bonds is 10. The number of aromatic nitrogens is 7. The van der Waals surface area contributed by atoms with Crippen LogP contribution in [0.1, 0.15) is 26.5 Å². The van der Waals surface area contributed by atoms with Gasteiger partial charge < -0.3 is 24.7 Å². The molecule has 7 aromatic rings. The van der Waals surface area contributed by atoms with E-state index in [0.29, 0.717) is 54.5 Å². The molecule has 1 aliphatic rings. The molecule has 0 radical (unpaired) electrons. The molecule has 0 spiro atoms.